The van der Waals surface area contributed by atoms with E-state index >= 15 is 0 Å². The van der Waals surface area contributed by atoms with E-state index in [-0.39, 0.29) is 6.61 Å². The van der Waals surface area contributed by atoms with Crippen molar-refractivity contribution in [2.75, 3.05) is 0 Å². The SMILES string of the molecule is Fc1ccc(COc2ccccc2S)c(F)c1. The van der Waals surface area contributed by atoms with Crippen molar-refractivity contribution >= 4 is 12.6 Å². The average Bonchev–Trinajstić information content (AvgIpc) is 2.30. The number of thiol groups is 1. The molecule has 2 aromatic rings. The lowest BCUT2D eigenvalue weighted by atomic mass is 10.2. The summed E-state index contributed by atoms with van der Waals surface area (Å²) in [4.78, 5) is 0.676. The second kappa shape index (κ2) is 5.19. The van der Waals surface area contributed by atoms with E-state index in [0.29, 0.717) is 16.2 Å². The van der Waals surface area contributed by atoms with Crippen LogP contribution in [-0.4, -0.2) is 0 Å². The number of para-hydroxylation sites is 1. The minimum Gasteiger partial charge on any atom is -0.488 e. The van der Waals surface area contributed by atoms with Crippen LogP contribution < -0.4 is 4.74 Å². The summed E-state index contributed by atoms with van der Waals surface area (Å²) in [5.74, 6) is -0.637. The highest BCUT2D eigenvalue weighted by atomic mass is 32.1. The van der Waals surface area contributed by atoms with Gasteiger partial charge in [-0.3, -0.25) is 0 Å². The number of rotatable bonds is 3. The van der Waals surface area contributed by atoms with Gasteiger partial charge < -0.3 is 4.74 Å². The van der Waals surface area contributed by atoms with E-state index in [9.17, 15) is 8.78 Å². The van der Waals surface area contributed by atoms with Gasteiger partial charge in [0.15, 0.2) is 0 Å². The van der Waals surface area contributed by atoms with Crippen molar-refractivity contribution in [1.82, 2.24) is 0 Å². The molecule has 0 aliphatic rings. The molecule has 0 aliphatic carbocycles. The monoisotopic (exact) mass is 252 g/mol. The van der Waals surface area contributed by atoms with Crippen LogP contribution >= 0.6 is 12.6 Å². The highest BCUT2D eigenvalue weighted by Gasteiger charge is 2.05. The van der Waals surface area contributed by atoms with Crippen LogP contribution in [0.25, 0.3) is 0 Å². The normalized spacial score (nSPS) is 10.3. The molecule has 1 nitrogen and oxygen atoms in total. The molecule has 17 heavy (non-hydrogen) atoms. The predicted molar refractivity (Wildman–Crippen MR) is 64.4 cm³/mol. The minimum atomic E-state index is -0.610. The van der Waals surface area contributed by atoms with Crippen LogP contribution in [0.3, 0.4) is 0 Å². The van der Waals surface area contributed by atoms with E-state index < -0.39 is 11.6 Å². The Morgan fingerprint density at radius 3 is 2.53 bits per heavy atom. The van der Waals surface area contributed by atoms with Crippen molar-refractivity contribution < 1.29 is 13.5 Å². The van der Waals surface area contributed by atoms with Gasteiger partial charge in [-0.1, -0.05) is 12.1 Å². The third-order valence-corrected chi connectivity index (χ3v) is 2.63. The van der Waals surface area contributed by atoms with Crippen LogP contribution in [0.4, 0.5) is 8.78 Å². The lowest BCUT2D eigenvalue weighted by Crippen LogP contribution is -1.99. The highest BCUT2D eigenvalue weighted by Crippen LogP contribution is 2.22. The Balaban J connectivity index is 2.10. The van der Waals surface area contributed by atoms with E-state index in [1.54, 1.807) is 18.2 Å². The third-order valence-electron chi connectivity index (χ3n) is 2.26. The lowest BCUT2D eigenvalue weighted by Gasteiger charge is -2.08. The molecule has 0 aliphatic heterocycles. The van der Waals surface area contributed by atoms with Gasteiger partial charge in [-0.2, -0.15) is 0 Å². The maximum atomic E-state index is 13.3. The van der Waals surface area contributed by atoms with E-state index in [4.69, 9.17) is 4.74 Å². The molecule has 0 atom stereocenters. The molecule has 0 aromatic heterocycles. The van der Waals surface area contributed by atoms with Gasteiger partial charge in [-0.25, -0.2) is 8.78 Å². The number of hydrogen-bond acceptors (Lipinski definition) is 2. The van der Waals surface area contributed by atoms with E-state index in [1.807, 2.05) is 6.07 Å². The Kier molecular flexibility index (Phi) is 3.64. The first-order valence-electron chi connectivity index (χ1n) is 5.01. The molecule has 0 amide bonds. The number of ether oxygens (including phenoxy) is 1. The zero-order valence-corrected chi connectivity index (χ0v) is 9.75. The summed E-state index contributed by atoms with van der Waals surface area (Å²) in [5, 5.41) is 0. The van der Waals surface area contributed by atoms with E-state index in [1.165, 1.54) is 12.1 Å². The van der Waals surface area contributed by atoms with Gasteiger partial charge in [-0.15, -0.1) is 12.6 Å². The maximum Gasteiger partial charge on any atom is 0.133 e. The van der Waals surface area contributed by atoms with Gasteiger partial charge in [-0.05, 0) is 24.3 Å². The molecule has 0 heterocycles. The van der Waals surface area contributed by atoms with Crippen LogP contribution in [0.5, 0.6) is 5.75 Å². The van der Waals surface area contributed by atoms with E-state index in [0.717, 1.165) is 6.07 Å². The van der Waals surface area contributed by atoms with Gasteiger partial charge in [0, 0.05) is 16.5 Å². The number of hydrogen-bond donors (Lipinski definition) is 1. The summed E-state index contributed by atoms with van der Waals surface area (Å²) in [6, 6.07) is 10.6. The zero-order chi connectivity index (χ0) is 12.3. The minimum absolute atomic E-state index is 0.0453. The molecule has 4 heteroatoms. The molecule has 88 valence electrons. The second-order valence-electron chi connectivity index (χ2n) is 3.49. The fourth-order valence-corrected chi connectivity index (χ4v) is 1.60. The van der Waals surface area contributed by atoms with Crippen LogP contribution in [0, 0.1) is 11.6 Å². The quantitative estimate of drug-likeness (QED) is 0.817. The molecule has 0 bridgehead atoms. The molecule has 0 saturated carbocycles. The Morgan fingerprint density at radius 2 is 1.82 bits per heavy atom. The Bertz CT molecular complexity index is 529. The molecule has 2 aromatic carbocycles. The predicted octanol–water partition coefficient (Wildman–Crippen LogP) is 3.83. The van der Waals surface area contributed by atoms with Crippen LogP contribution in [0.2, 0.25) is 0 Å². The van der Waals surface area contributed by atoms with Crippen molar-refractivity contribution in [2.24, 2.45) is 0 Å². The van der Waals surface area contributed by atoms with Crippen molar-refractivity contribution in [2.45, 2.75) is 11.5 Å². The van der Waals surface area contributed by atoms with E-state index in [2.05, 4.69) is 12.6 Å². The summed E-state index contributed by atoms with van der Waals surface area (Å²) in [5.41, 5.74) is 0.308. The van der Waals surface area contributed by atoms with Crippen molar-refractivity contribution in [3.05, 3.63) is 59.7 Å². The summed E-state index contributed by atoms with van der Waals surface area (Å²) in [6.07, 6.45) is 0. The summed E-state index contributed by atoms with van der Waals surface area (Å²) in [7, 11) is 0. The van der Waals surface area contributed by atoms with Crippen molar-refractivity contribution in [1.29, 1.82) is 0 Å². The fraction of sp³-hybridized carbons (Fsp3) is 0.0769. The Hall–Kier alpha value is -1.55. The first-order chi connectivity index (χ1) is 8.16. The van der Waals surface area contributed by atoms with Crippen LogP contribution in [0.1, 0.15) is 5.56 Å². The van der Waals surface area contributed by atoms with Gasteiger partial charge >= 0.3 is 0 Å². The fourth-order valence-electron chi connectivity index (χ4n) is 1.37. The smallest absolute Gasteiger partial charge is 0.133 e. The van der Waals surface area contributed by atoms with Gasteiger partial charge in [0.1, 0.15) is 24.0 Å². The topological polar surface area (TPSA) is 9.23 Å². The summed E-state index contributed by atoms with van der Waals surface area (Å²) >= 11 is 4.21. The van der Waals surface area contributed by atoms with Gasteiger partial charge in [0.25, 0.3) is 0 Å². The van der Waals surface area contributed by atoms with Gasteiger partial charge in [0.05, 0.1) is 0 Å². The highest BCUT2D eigenvalue weighted by molar-refractivity contribution is 7.80. The van der Waals surface area contributed by atoms with Crippen molar-refractivity contribution in [3.8, 4) is 5.75 Å². The lowest BCUT2D eigenvalue weighted by molar-refractivity contribution is 0.292. The van der Waals surface area contributed by atoms with Gasteiger partial charge in [0.2, 0.25) is 0 Å². The molecule has 0 fully saturated rings. The first-order valence-corrected chi connectivity index (χ1v) is 5.46. The largest absolute Gasteiger partial charge is 0.488 e. The number of halogens is 2. The van der Waals surface area contributed by atoms with Crippen LogP contribution in [0.15, 0.2) is 47.4 Å². The Morgan fingerprint density at radius 1 is 1.06 bits per heavy atom. The molecular formula is C13H10F2OS. The maximum absolute atomic E-state index is 13.3. The molecule has 2 rings (SSSR count). The third kappa shape index (κ3) is 2.97. The molecule has 0 spiro atoms. The van der Waals surface area contributed by atoms with Crippen molar-refractivity contribution in [3.63, 3.8) is 0 Å². The van der Waals surface area contributed by atoms with Crippen LogP contribution in [-0.2, 0) is 6.61 Å². The molecule has 0 N–H and O–H groups in total. The molecular weight excluding hydrogens is 242 g/mol. The average molecular weight is 252 g/mol. The first kappa shape index (κ1) is 11.9. The Labute approximate surface area is 103 Å². The molecule has 0 saturated heterocycles. The molecule has 0 radical (unpaired) electrons. The second-order valence-corrected chi connectivity index (χ2v) is 3.97. The number of benzene rings is 2. The zero-order valence-electron chi connectivity index (χ0n) is 8.86. The molecule has 0 unspecified atom stereocenters. The summed E-state index contributed by atoms with van der Waals surface area (Å²) < 4.78 is 31.4. The standard InChI is InChI=1S/C13H10F2OS/c14-10-6-5-9(11(15)7-10)8-16-12-3-1-2-4-13(12)17/h1-7,17H,8H2. The summed E-state index contributed by atoms with van der Waals surface area (Å²) in [6.45, 7) is 0.0453.